The van der Waals surface area contributed by atoms with E-state index < -0.39 is 83.7 Å². The number of nitrogens with zero attached hydrogens (tertiary/aromatic N) is 2. The lowest BCUT2D eigenvalue weighted by atomic mass is 10.0. The second kappa shape index (κ2) is 35.8. The maximum Gasteiger partial charge on any atom is 0.481 e. The lowest BCUT2D eigenvalue weighted by Crippen LogP contribution is -2.36. The van der Waals surface area contributed by atoms with Gasteiger partial charge < -0.3 is 39.9 Å². The Morgan fingerprint density at radius 2 is 1.09 bits per heavy atom. The Labute approximate surface area is 406 Å². The molecule has 396 valence electrons. The average molecular weight is 1010 g/mol. The average Bonchev–Trinajstić information content (AvgIpc) is 3.55. The molecule has 6 N–H and O–H groups in total. The van der Waals surface area contributed by atoms with Crippen LogP contribution in [0.25, 0.3) is 0 Å². The zero-order valence-corrected chi connectivity index (χ0v) is 43.6. The molecule has 2 rings (SSSR count). The largest absolute Gasteiger partial charge is 0.481 e. The predicted molar refractivity (Wildman–Crippen MR) is 261 cm³/mol. The van der Waals surface area contributed by atoms with Crippen molar-refractivity contribution in [2.75, 3.05) is 25.6 Å². The van der Waals surface area contributed by atoms with Gasteiger partial charge in [0.1, 0.15) is 30.7 Å². The molecule has 0 aliphatic carbocycles. The summed E-state index contributed by atoms with van der Waals surface area (Å²) < 4.78 is 56.7. The first-order valence-corrected chi connectivity index (χ1v) is 28.8. The Bertz CT molecular complexity index is 1670. The highest BCUT2D eigenvalue weighted by Gasteiger charge is 2.46. The van der Waals surface area contributed by atoms with Crippen molar-refractivity contribution in [2.45, 2.75) is 238 Å². The van der Waals surface area contributed by atoms with E-state index in [1.54, 1.807) is 0 Å². The molecule has 0 radical (unpaired) electrons. The molecule has 1 aliphatic rings. The molecule has 18 nitrogen and oxygen atoms in total. The molecule has 0 amide bonds. The number of hydrogen-bond donors (Lipinski definition) is 5. The number of nitrogen functional groups attached to an aromatic ring is 1. The Balaban J connectivity index is 1.72. The zero-order chi connectivity index (χ0) is 50.2. The van der Waals surface area contributed by atoms with E-state index in [-0.39, 0.29) is 18.7 Å². The minimum Gasteiger partial charge on any atom is -0.462 e. The summed E-state index contributed by atoms with van der Waals surface area (Å²) in [6.45, 7) is 6.70. The monoisotopic (exact) mass is 1010 g/mol. The van der Waals surface area contributed by atoms with Crippen LogP contribution in [0, 0.1) is 11.8 Å². The fraction of sp³-hybridized carbons (Fsp3) is 0.875. The van der Waals surface area contributed by atoms with Crippen LogP contribution < -0.4 is 11.4 Å². The molecule has 68 heavy (non-hydrogen) atoms. The van der Waals surface area contributed by atoms with E-state index in [1.165, 1.54) is 115 Å². The molecule has 1 saturated heterocycles. The Morgan fingerprint density at radius 1 is 0.662 bits per heavy atom. The summed E-state index contributed by atoms with van der Waals surface area (Å²) in [7, 11) is -10.8. The predicted octanol–water partition coefficient (Wildman–Crippen LogP) is 10.4. The number of aliphatic hydroxyl groups is 2. The number of nitrogens with two attached hydrogens (primary N) is 1. The van der Waals surface area contributed by atoms with Crippen LogP contribution >= 0.6 is 15.6 Å². The van der Waals surface area contributed by atoms with Gasteiger partial charge in [-0.25, -0.2) is 13.9 Å². The number of ether oxygens (including phenoxy) is 3. The van der Waals surface area contributed by atoms with Crippen LogP contribution in [0.1, 0.15) is 214 Å². The van der Waals surface area contributed by atoms with E-state index in [0.29, 0.717) is 18.8 Å². The van der Waals surface area contributed by atoms with Gasteiger partial charge in [-0.2, -0.15) is 9.29 Å². The van der Waals surface area contributed by atoms with Gasteiger partial charge in [-0.15, -0.1) is 0 Å². The van der Waals surface area contributed by atoms with Crippen LogP contribution in [-0.4, -0.2) is 85.7 Å². The quantitative estimate of drug-likeness (QED) is 0.0231. The molecule has 0 saturated carbocycles. The van der Waals surface area contributed by atoms with Crippen LogP contribution in [0.15, 0.2) is 17.1 Å². The number of phosphoric acid groups is 2. The molecule has 20 heteroatoms. The van der Waals surface area contributed by atoms with Crippen LogP contribution in [0.4, 0.5) is 5.82 Å². The van der Waals surface area contributed by atoms with Crippen molar-refractivity contribution in [1.82, 2.24) is 9.55 Å². The SMILES string of the molecule is CC(C)CCCCCCCCCCCCCCCCCCCCC(=O)OC[C@H](COP(=O)(O)OP(=O)(O)OC[C@H]1O[C@@H](n2ccc(N)nc2=O)C(O)[C@H]1O)OC(=O)CCCCCCCCC(C)C. The highest BCUT2D eigenvalue weighted by atomic mass is 31.3. The summed E-state index contributed by atoms with van der Waals surface area (Å²) in [5.74, 6) is 0.199. The summed E-state index contributed by atoms with van der Waals surface area (Å²) in [6.07, 6.45) is 23.9. The molecule has 0 spiro atoms. The van der Waals surface area contributed by atoms with Gasteiger partial charge in [-0.05, 0) is 30.7 Å². The number of aliphatic hydroxyl groups excluding tert-OH is 2. The lowest BCUT2D eigenvalue weighted by Gasteiger charge is -2.21. The summed E-state index contributed by atoms with van der Waals surface area (Å²) in [5.41, 5.74) is 4.59. The van der Waals surface area contributed by atoms with Crippen LogP contribution in [0.3, 0.4) is 0 Å². The van der Waals surface area contributed by atoms with E-state index in [1.807, 2.05) is 0 Å². The van der Waals surface area contributed by atoms with E-state index in [4.69, 9.17) is 29.0 Å². The zero-order valence-electron chi connectivity index (χ0n) is 41.8. The Morgan fingerprint density at radius 3 is 1.54 bits per heavy atom. The van der Waals surface area contributed by atoms with Gasteiger partial charge in [0.2, 0.25) is 0 Å². The third-order valence-corrected chi connectivity index (χ3v) is 14.6. The normalized spacial score (nSPS) is 19.6. The third-order valence-electron chi connectivity index (χ3n) is 12.0. The third kappa shape index (κ3) is 29.8. The molecular weight excluding hydrogens is 920 g/mol. The van der Waals surface area contributed by atoms with Gasteiger partial charge >= 0.3 is 33.3 Å². The first-order valence-electron chi connectivity index (χ1n) is 25.8. The van der Waals surface area contributed by atoms with Crippen molar-refractivity contribution in [3.8, 4) is 0 Å². The minimum atomic E-state index is -5.42. The van der Waals surface area contributed by atoms with Crippen molar-refractivity contribution in [2.24, 2.45) is 11.8 Å². The van der Waals surface area contributed by atoms with Crippen LogP contribution in [-0.2, 0) is 46.3 Å². The van der Waals surface area contributed by atoms with Gasteiger partial charge in [-0.3, -0.25) is 23.2 Å². The van der Waals surface area contributed by atoms with Crippen LogP contribution in [0.5, 0.6) is 0 Å². The number of esters is 2. The molecule has 3 unspecified atom stereocenters. The maximum atomic E-state index is 12.8. The van der Waals surface area contributed by atoms with Crippen molar-refractivity contribution >= 4 is 33.4 Å². The Kier molecular flexibility index (Phi) is 32.6. The number of aromatic nitrogens is 2. The summed E-state index contributed by atoms with van der Waals surface area (Å²) in [4.78, 5) is 61.8. The number of rotatable bonds is 42. The summed E-state index contributed by atoms with van der Waals surface area (Å²) in [6, 6.07) is 1.25. The molecule has 1 aliphatic heterocycles. The van der Waals surface area contributed by atoms with Crippen molar-refractivity contribution < 1.29 is 66.3 Å². The number of unbranched alkanes of at least 4 members (excludes halogenated alkanes) is 22. The summed E-state index contributed by atoms with van der Waals surface area (Å²) in [5, 5.41) is 20.9. The van der Waals surface area contributed by atoms with Gasteiger partial charge in [-0.1, -0.05) is 182 Å². The van der Waals surface area contributed by atoms with E-state index >= 15 is 0 Å². The number of phosphoric ester groups is 2. The second-order valence-corrected chi connectivity index (χ2v) is 22.4. The van der Waals surface area contributed by atoms with Gasteiger partial charge in [0, 0.05) is 19.0 Å². The fourth-order valence-corrected chi connectivity index (χ4v) is 10.1. The molecule has 0 aromatic carbocycles. The van der Waals surface area contributed by atoms with Gasteiger partial charge in [0.05, 0.1) is 13.2 Å². The molecule has 0 bridgehead atoms. The lowest BCUT2D eigenvalue weighted by molar-refractivity contribution is -0.161. The second-order valence-electron chi connectivity index (χ2n) is 19.3. The number of carbonyl (C=O) groups excluding carboxylic acids is 2. The highest BCUT2D eigenvalue weighted by Crippen LogP contribution is 2.60. The van der Waals surface area contributed by atoms with E-state index in [9.17, 15) is 43.5 Å². The first kappa shape index (κ1) is 61.9. The van der Waals surface area contributed by atoms with Crippen molar-refractivity contribution in [1.29, 1.82) is 0 Å². The standard InChI is InChI=1S/C48H89N3O15P2/c1-38(2)29-25-21-17-15-13-11-9-7-5-6-8-10-12-14-16-18-23-27-31-43(52)61-35-40(64-44(53)32-28-24-20-19-22-26-30-39(3)4)36-62-67(57,58)66-68(59,60)63-37-41-45(54)46(55)47(65-41)51-34-33-42(49)50-48(51)56/h33-34,38-41,45-47,54-55H,5-32,35-37H2,1-4H3,(H,57,58)(H,59,60)(H2,49,50,56)/t40-,41-,45+,46?,47-/m1/s1. The molecule has 1 aromatic rings. The fourth-order valence-electron chi connectivity index (χ4n) is 8.04. The summed E-state index contributed by atoms with van der Waals surface area (Å²) >= 11 is 0. The highest BCUT2D eigenvalue weighted by molar-refractivity contribution is 7.61. The Hall–Kier alpha value is -2.24. The molecular formula is C48H89N3O15P2. The number of hydrogen-bond acceptors (Lipinski definition) is 15. The van der Waals surface area contributed by atoms with E-state index in [2.05, 4.69) is 37.0 Å². The van der Waals surface area contributed by atoms with Crippen LogP contribution in [0.2, 0.25) is 0 Å². The maximum absolute atomic E-state index is 12.8. The molecule has 7 atom stereocenters. The number of anilines is 1. The topological polar surface area (TPSA) is 265 Å². The van der Waals surface area contributed by atoms with Crippen molar-refractivity contribution in [3.05, 3.63) is 22.7 Å². The van der Waals surface area contributed by atoms with Gasteiger partial charge in [0.25, 0.3) is 0 Å². The molecule has 1 aromatic heterocycles. The minimum absolute atomic E-state index is 0.0521. The van der Waals surface area contributed by atoms with Crippen molar-refractivity contribution in [3.63, 3.8) is 0 Å². The number of carbonyl (C=O) groups is 2. The smallest absolute Gasteiger partial charge is 0.462 e. The first-order chi connectivity index (χ1) is 32.4. The van der Waals surface area contributed by atoms with E-state index in [0.717, 1.165) is 61.9 Å². The van der Waals surface area contributed by atoms with Gasteiger partial charge in [0.15, 0.2) is 12.3 Å². The molecule has 1 fully saturated rings. The molecule has 2 heterocycles.